The van der Waals surface area contributed by atoms with Crippen molar-refractivity contribution >= 4 is 11.6 Å². The van der Waals surface area contributed by atoms with Gasteiger partial charge in [-0.2, -0.15) is 0 Å². The van der Waals surface area contributed by atoms with E-state index in [1.165, 1.54) is 14.2 Å². The SMILES string of the molecule is COC1=CC(=O)C(CO)=C(OC)C1=O. The Bertz CT molecular complexity index is 337. The molecule has 1 aliphatic carbocycles. The van der Waals surface area contributed by atoms with Crippen LogP contribution >= 0.6 is 0 Å². The van der Waals surface area contributed by atoms with Gasteiger partial charge in [-0.05, 0) is 0 Å². The average molecular weight is 198 g/mol. The number of hydrogen-bond acceptors (Lipinski definition) is 5. The largest absolute Gasteiger partial charge is 0.492 e. The van der Waals surface area contributed by atoms with Crippen molar-refractivity contribution in [3.8, 4) is 0 Å². The van der Waals surface area contributed by atoms with Gasteiger partial charge in [-0.3, -0.25) is 9.59 Å². The zero-order valence-corrected chi connectivity index (χ0v) is 7.86. The molecular weight excluding hydrogens is 188 g/mol. The summed E-state index contributed by atoms with van der Waals surface area (Å²) >= 11 is 0. The van der Waals surface area contributed by atoms with Crippen molar-refractivity contribution in [3.63, 3.8) is 0 Å². The number of aliphatic hydroxyl groups is 1. The number of hydrogen-bond donors (Lipinski definition) is 1. The summed E-state index contributed by atoms with van der Waals surface area (Å²) < 4.78 is 9.43. The Kier molecular flexibility index (Phi) is 3.03. The van der Waals surface area contributed by atoms with E-state index in [0.717, 1.165) is 6.08 Å². The average Bonchev–Trinajstić information content (AvgIpc) is 2.20. The number of aliphatic hydroxyl groups excluding tert-OH is 1. The van der Waals surface area contributed by atoms with Crippen LogP contribution in [0, 0.1) is 0 Å². The fourth-order valence-electron chi connectivity index (χ4n) is 1.15. The van der Waals surface area contributed by atoms with E-state index in [9.17, 15) is 9.59 Å². The number of ketones is 2. The lowest BCUT2D eigenvalue weighted by atomic mass is 10.0. The summed E-state index contributed by atoms with van der Waals surface area (Å²) in [5, 5.41) is 8.86. The van der Waals surface area contributed by atoms with Gasteiger partial charge in [0.2, 0.25) is 0 Å². The Morgan fingerprint density at radius 3 is 2.36 bits per heavy atom. The number of Topliss-reactive ketones (excluding diaryl/α,β-unsaturated/α-hetero) is 1. The van der Waals surface area contributed by atoms with Gasteiger partial charge in [-0.15, -0.1) is 0 Å². The molecule has 5 heteroatoms. The van der Waals surface area contributed by atoms with Crippen molar-refractivity contribution in [1.82, 2.24) is 0 Å². The molecule has 76 valence electrons. The molecule has 0 amide bonds. The zero-order valence-electron chi connectivity index (χ0n) is 7.86. The lowest BCUT2D eigenvalue weighted by Crippen LogP contribution is -2.23. The first-order valence-electron chi connectivity index (χ1n) is 3.88. The minimum Gasteiger partial charge on any atom is -0.492 e. The van der Waals surface area contributed by atoms with Crippen LogP contribution in [0.2, 0.25) is 0 Å². The molecule has 0 aromatic heterocycles. The van der Waals surface area contributed by atoms with E-state index in [-0.39, 0.29) is 17.1 Å². The first-order valence-corrected chi connectivity index (χ1v) is 3.88. The van der Waals surface area contributed by atoms with Gasteiger partial charge < -0.3 is 14.6 Å². The Hall–Kier alpha value is -1.62. The van der Waals surface area contributed by atoms with E-state index in [1.54, 1.807) is 0 Å². The van der Waals surface area contributed by atoms with Crippen molar-refractivity contribution in [3.05, 3.63) is 23.2 Å². The molecule has 0 aromatic rings. The van der Waals surface area contributed by atoms with Crippen molar-refractivity contribution in [2.75, 3.05) is 20.8 Å². The van der Waals surface area contributed by atoms with Crippen LogP contribution < -0.4 is 0 Å². The van der Waals surface area contributed by atoms with Crippen molar-refractivity contribution in [1.29, 1.82) is 0 Å². The third-order valence-corrected chi connectivity index (χ3v) is 1.85. The minimum atomic E-state index is -0.529. The van der Waals surface area contributed by atoms with Crippen LogP contribution in [-0.4, -0.2) is 37.5 Å². The molecule has 14 heavy (non-hydrogen) atoms. The predicted octanol–water partition coefficient (Wildman–Crippen LogP) is -0.439. The summed E-state index contributed by atoms with van der Waals surface area (Å²) in [6.07, 6.45) is 1.04. The third kappa shape index (κ3) is 1.54. The Morgan fingerprint density at radius 2 is 1.93 bits per heavy atom. The quantitative estimate of drug-likeness (QED) is 0.622. The predicted molar refractivity (Wildman–Crippen MR) is 46.2 cm³/mol. The molecule has 0 aliphatic heterocycles. The highest BCUT2D eigenvalue weighted by Crippen LogP contribution is 2.19. The summed E-state index contributed by atoms with van der Waals surface area (Å²) in [6.45, 7) is -0.527. The molecule has 0 saturated heterocycles. The van der Waals surface area contributed by atoms with Gasteiger partial charge in [0.1, 0.15) is 0 Å². The van der Waals surface area contributed by atoms with Gasteiger partial charge >= 0.3 is 0 Å². The summed E-state index contributed by atoms with van der Waals surface area (Å²) in [5.74, 6) is -1.24. The van der Waals surface area contributed by atoms with E-state index < -0.39 is 18.2 Å². The van der Waals surface area contributed by atoms with Gasteiger partial charge in [-0.1, -0.05) is 0 Å². The molecule has 1 aliphatic rings. The van der Waals surface area contributed by atoms with Crippen LogP contribution in [0.1, 0.15) is 0 Å². The van der Waals surface area contributed by atoms with E-state index in [4.69, 9.17) is 14.6 Å². The zero-order chi connectivity index (χ0) is 10.7. The highest BCUT2D eigenvalue weighted by atomic mass is 16.5. The number of rotatable bonds is 3. The number of methoxy groups -OCH3 is 2. The van der Waals surface area contributed by atoms with Gasteiger partial charge in [0, 0.05) is 6.08 Å². The fraction of sp³-hybridized carbons (Fsp3) is 0.333. The molecular formula is C9H10O5. The molecule has 1 N–H and O–H groups in total. The molecule has 0 unspecified atom stereocenters. The summed E-state index contributed by atoms with van der Waals surface area (Å²) in [4.78, 5) is 22.8. The second kappa shape index (κ2) is 4.06. The van der Waals surface area contributed by atoms with Crippen LogP contribution in [0.5, 0.6) is 0 Å². The molecule has 5 nitrogen and oxygen atoms in total. The first kappa shape index (κ1) is 10.5. The highest BCUT2D eigenvalue weighted by molar-refractivity contribution is 6.21. The summed E-state index contributed by atoms with van der Waals surface area (Å²) in [6, 6.07) is 0. The number of ether oxygens (including phenoxy) is 2. The van der Waals surface area contributed by atoms with Crippen molar-refractivity contribution in [2.24, 2.45) is 0 Å². The second-order valence-corrected chi connectivity index (χ2v) is 2.58. The second-order valence-electron chi connectivity index (χ2n) is 2.58. The first-order chi connectivity index (χ1) is 6.65. The fourth-order valence-corrected chi connectivity index (χ4v) is 1.15. The van der Waals surface area contributed by atoms with E-state index in [0.29, 0.717) is 0 Å². The van der Waals surface area contributed by atoms with Crippen molar-refractivity contribution in [2.45, 2.75) is 0 Å². The molecule has 1 rings (SSSR count). The monoisotopic (exact) mass is 198 g/mol. The normalized spacial score (nSPS) is 16.9. The third-order valence-electron chi connectivity index (χ3n) is 1.85. The summed E-state index contributed by atoms with van der Waals surface area (Å²) in [7, 11) is 2.54. The lowest BCUT2D eigenvalue weighted by Gasteiger charge is -2.15. The summed E-state index contributed by atoms with van der Waals surface area (Å²) in [5.41, 5.74) is -0.0432. The Balaban J connectivity index is 3.17. The van der Waals surface area contributed by atoms with Gasteiger partial charge in [0.25, 0.3) is 5.78 Å². The maximum atomic E-state index is 11.5. The van der Waals surface area contributed by atoms with Crippen LogP contribution in [0.25, 0.3) is 0 Å². The lowest BCUT2D eigenvalue weighted by molar-refractivity contribution is -0.121. The van der Waals surface area contributed by atoms with Crippen LogP contribution in [0.4, 0.5) is 0 Å². The van der Waals surface area contributed by atoms with E-state index in [1.807, 2.05) is 0 Å². The molecule has 0 atom stereocenters. The van der Waals surface area contributed by atoms with Gasteiger partial charge in [0.15, 0.2) is 17.3 Å². The van der Waals surface area contributed by atoms with E-state index in [2.05, 4.69) is 0 Å². The number of carbonyl (C=O) groups excluding carboxylic acids is 2. The smallest absolute Gasteiger partial charge is 0.262 e. The molecule has 0 radical (unpaired) electrons. The number of carbonyl (C=O) groups is 2. The van der Waals surface area contributed by atoms with Crippen LogP contribution in [0.3, 0.4) is 0 Å². The highest BCUT2D eigenvalue weighted by Gasteiger charge is 2.29. The van der Waals surface area contributed by atoms with Crippen LogP contribution in [0.15, 0.2) is 23.2 Å². The molecule has 0 spiro atoms. The topological polar surface area (TPSA) is 72.8 Å². The molecule has 0 fully saturated rings. The van der Waals surface area contributed by atoms with Gasteiger partial charge in [-0.25, -0.2) is 0 Å². The standard InChI is InChI=1S/C9H10O5/c1-13-7-3-6(11)5(4-10)9(14-2)8(7)12/h3,10H,4H2,1-2H3. The van der Waals surface area contributed by atoms with Crippen LogP contribution in [-0.2, 0) is 19.1 Å². The molecule has 0 heterocycles. The Labute approximate surface area is 80.6 Å². The van der Waals surface area contributed by atoms with Gasteiger partial charge in [0.05, 0.1) is 26.4 Å². The molecule has 0 saturated carbocycles. The molecule has 0 aromatic carbocycles. The maximum Gasteiger partial charge on any atom is 0.262 e. The number of allylic oxidation sites excluding steroid dienone is 1. The molecule has 0 bridgehead atoms. The Morgan fingerprint density at radius 1 is 1.29 bits per heavy atom. The van der Waals surface area contributed by atoms with Crippen molar-refractivity contribution < 1.29 is 24.2 Å². The maximum absolute atomic E-state index is 11.5. The van der Waals surface area contributed by atoms with E-state index >= 15 is 0 Å². The minimum absolute atomic E-state index is 0.0432.